The Bertz CT molecular complexity index is 1310. The lowest BCUT2D eigenvalue weighted by Gasteiger charge is -2.18. The molecule has 0 atom stereocenters. The van der Waals surface area contributed by atoms with Gasteiger partial charge in [0.1, 0.15) is 0 Å². The molecule has 0 saturated carbocycles. The van der Waals surface area contributed by atoms with Gasteiger partial charge in [0.25, 0.3) is 11.2 Å². The number of nitrogens with zero attached hydrogens (tertiary/aromatic N) is 4. The summed E-state index contributed by atoms with van der Waals surface area (Å²) in [7, 11) is 1.35. The molecule has 2 aliphatic heterocycles. The van der Waals surface area contributed by atoms with E-state index in [9.17, 15) is 19.7 Å². The summed E-state index contributed by atoms with van der Waals surface area (Å²) in [5.74, 6) is 0.214. The monoisotopic (exact) mass is 474 g/mol. The van der Waals surface area contributed by atoms with Crippen molar-refractivity contribution < 1.29 is 4.92 Å². The van der Waals surface area contributed by atoms with E-state index in [1.807, 2.05) is 24.3 Å². The first kappa shape index (κ1) is 17.3. The molecule has 4 rings (SSSR count). The summed E-state index contributed by atoms with van der Waals surface area (Å²) in [5.41, 5.74) is 0.269. The van der Waals surface area contributed by atoms with Crippen LogP contribution >= 0.6 is 22.6 Å². The highest BCUT2D eigenvalue weighted by molar-refractivity contribution is 14.1. The predicted octanol–water partition coefficient (Wildman–Crippen LogP) is 2.70. The number of rotatable bonds is 2. The standard InChI is InChI=1S/C18H11IN4O4/c1-21-17(24)14-9-10-8-13(23(26)27)6-7-15(10)22(16(14)20-18(21)25)12-4-2-11(19)3-5-12/h2-9H,1H3. The van der Waals surface area contributed by atoms with Crippen molar-refractivity contribution in [1.82, 2.24) is 14.1 Å². The molecular formula is C18H11IN4O4. The molecule has 2 aromatic rings. The average Bonchev–Trinajstić information content (AvgIpc) is 2.65. The van der Waals surface area contributed by atoms with Crippen molar-refractivity contribution in [1.29, 1.82) is 0 Å². The third kappa shape index (κ3) is 2.79. The summed E-state index contributed by atoms with van der Waals surface area (Å²) in [5, 5.41) is 11.7. The zero-order valence-corrected chi connectivity index (χ0v) is 16.1. The van der Waals surface area contributed by atoms with Gasteiger partial charge in [-0.3, -0.25) is 24.0 Å². The summed E-state index contributed by atoms with van der Waals surface area (Å²) < 4.78 is 3.61. The van der Waals surface area contributed by atoms with Gasteiger partial charge >= 0.3 is 5.69 Å². The molecule has 0 N–H and O–H groups in total. The number of hydrogen-bond donors (Lipinski definition) is 0. The number of benzene rings is 2. The largest absolute Gasteiger partial charge is 0.352 e. The number of nitro groups is 1. The van der Waals surface area contributed by atoms with Crippen molar-refractivity contribution in [3.8, 4) is 17.1 Å². The highest BCUT2D eigenvalue weighted by atomic mass is 127. The van der Waals surface area contributed by atoms with Crippen LogP contribution < -0.4 is 11.2 Å². The van der Waals surface area contributed by atoms with E-state index in [4.69, 9.17) is 0 Å². The van der Waals surface area contributed by atoms with Crippen molar-refractivity contribution in [2.45, 2.75) is 0 Å². The summed E-state index contributed by atoms with van der Waals surface area (Å²) in [6.45, 7) is 0. The molecule has 2 aliphatic rings. The van der Waals surface area contributed by atoms with Crippen LogP contribution in [0.25, 0.3) is 28.0 Å². The van der Waals surface area contributed by atoms with E-state index in [1.54, 1.807) is 10.6 Å². The van der Waals surface area contributed by atoms with Crippen LogP contribution in [-0.4, -0.2) is 19.0 Å². The van der Waals surface area contributed by atoms with E-state index in [-0.39, 0.29) is 17.1 Å². The van der Waals surface area contributed by atoms with E-state index < -0.39 is 16.2 Å². The molecule has 27 heavy (non-hydrogen) atoms. The third-order valence-electron chi connectivity index (χ3n) is 4.32. The van der Waals surface area contributed by atoms with Crippen LogP contribution in [0.2, 0.25) is 0 Å². The Balaban J connectivity index is 2.22. The Morgan fingerprint density at radius 1 is 1.07 bits per heavy atom. The van der Waals surface area contributed by atoms with Crippen molar-refractivity contribution in [2.75, 3.05) is 0 Å². The Morgan fingerprint density at radius 2 is 1.78 bits per heavy atom. The van der Waals surface area contributed by atoms with E-state index >= 15 is 0 Å². The molecule has 0 saturated heterocycles. The van der Waals surface area contributed by atoms with Gasteiger partial charge in [0.05, 0.1) is 16.0 Å². The number of fused-ring (bicyclic) bond motifs is 2. The van der Waals surface area contributed by atoms with Crippen molar-refractivity contribution in [2.24, 2.45) is 7.05 Å². The Labute approximate surface area is 165 Å². The third-order valence-corrected chi connectivity index (χ3v) is 5.04. The zero-order chi connectivity index (χ0) is 19.3. The zero-order valence-electron chi connectivity index (χ0n) is 13.9. The van der Waals surface area contributed by atoms with Crippen LogP contribution in [0.4, 0.5) is 5.69 Å². The van der Waals surface area contributed by atoms with E-state index in [1.165, 1.54) is 25.2 Å². The van der Waals surface area contributed by atoms with Gasteiger partial charge in [-0.1, -0.05) is 0 Å². The van der Waals surface area contributed by atoms with Gasteiger partial charge in [0, 0.05) is 33.8 Å². The molecule has 0 bridgehead atoms. The first-order valence-corrected chi connectivity index (χ1v) is 8.91. The van der Waals surface area contributed by atoms with Crippen LogP contribution in [0.5, 0.6) is 0 Å². The molecule has 0 aliphatic carbocycles. The topological polar surface area (TPSA) is 100 Å². The number of aromatic nitrogens is 3. The minimum atomic E-state index is -0.659. The van der Waals surface area contributed by atoms with Crippen LogP contribution in [0.3, 0.4) is 0 Å². The minimum absolute atomic E-state index is 0.0822. The number of pyridine rings is 1. The highest BCUT2D eigenvalue weighted by Crippen LogP contribution is 2.30. The summed E-state index contributed by atoms with van der Waals surface area (Å²) in [6.07, 6.45) is 0. The second-order valence-electron chi connectivity index (χ2n) is 5.95. The number of nitro benzene ring substituents is 1. The smallest absolute Gasteiger partial charge is 0.294 e. The SMILES string of the molecule is Cn1c(=O)nc2n(-c3ccc(I)cc3)c3ccc([N+](=O)[O-])cc3cc-2c1=O. The van der Waals surface area contributed by atoms with Gasteiger partial charge in [-0.15, -0.1) is 0 Å². The fourth-order valence-corrected chi connectivity index (χ4v) is 3.34. The fourth-order valence-electron chi connectivity index (χ4n) is 2.98. The lowest BCUT2D eigenvalue weighted by atomic mass is 10.1. The molecule has 2 aromatic carbocycles. The molecule has 2 heterocycles. The Hall–Kier alpha value is -3.08. The summed E-state index contributed by atoms with van der Waals surface area (Å²) in [4.78, 5) is 39.5. The van der Waals surface area contributed by atoms with Crippen LogP contribution in [0.1, 0.15) is 0 Å². The molecule has 0 amide bonds. The molecule has 8 nitrogen and oxygen atoms in total. The van der Waals surface area contributed by atoms with Crippen molar-refractivity contribution in [3.05, 3.63) is 83.1 Å². The van der Waals surface area contributed by atoms with Crippen LogP contribution in [0, 0.1) is 13.7 Å². The second kappa shape index (κ2) is 6.27. The molecule has 0 spiro atoms. The Morgan fingerprint density at radius 3 is 2.44 bits per heavy atom. The number of halogens is 1. The van der Waals surface area contributed by atoms with Gasteiger partial charge in [0.2, 0.25) is 0 Å². The van der Waals surface area contributed by atoms with Crippen molar-refractivity contribution >= 4 is 39.2 Å². The molecule has 0 fully saturated rings. The van der Waals surface area contributed by atoms with E-state index in [0.717, 1.165) is 8.14 Å². The predicted molar refractivity (Wildman–Crippen MR) is 109 cm³/mol. The lowest BCUT2D eigenvalue weighted by Crippen LogP contribution is -2.35. The minimum Gasteiger partial charge on any atom is -0.294 e. The quantitative estimate of drug-likeness (QED) is 0.193. The van der Waals surface area contributed by atoms with Gasteiger partial charge in [-0.05, 0) is 59.0 Å². The molecule has 0 aromatic heterocycles. The maximum atomic E-state index is 12.6. The fraction of sp³-hybridized carbons (Fsp3) is 0.0556. The molecular weight excluding hydrogens is 463 g/mol. The maximum Gasteiger partial charge on any atom is 0.352 e. The number of non-ortho nitro benzene ring substituents is 1. The van der Waals surface area contributed by atoms with E-state index in [2.05, 4.69) is 27.6 Å². The second-order valence-corrected chi connectivity index (χ2v) is 7.20. The molecule has 134 valence electrons. The first-order valence-electron chi connectivity index (χ1n) is 7.84. The van der Waals surface area contributed by atoms with Gasteiger partial charge in [0.15, 0.2) is 5.82 Å². The summed E-state index contributed by atoms with van der Waals surface area (Å²) >= 11 is 2.18. The molecule has 9 heteroatoms. The van der Waals surface area contributed by atoms with Gasteiger partial charge < -0.3 is 0 Å². The Kier molecular flexibility index (Phi) is 4.02. The highest BCUT2D eigenvalue weighted by Gasteiger charge is 2.21. The van der Waals surface area contributed by atoms with Gasteiger partial charge in [-0.2, -0.15) is 4.98 Å². The molecule has 0 radical (unpaired) electrons. The molecule has 0 unspecified atom stereocenters. The first-order chi connectivity index (χ1) is 12.9. The van der Waals surface area contributed by atoms with Crippen LogP contribution in [-0.2, 0) is 7.05 Å². The lowest BCUT2D eigenvalue weighted by molar-refractivity contribution is -0.384. The van der Waals surface area contributed by atoms with Gasteiger partial charge in [-0.25, -0.2) is 4.79 Å². The average molecular weight is 474 g/mol. The normalized spacial score (nSPS) is 11.2. The summed E-state index contributed by atoms with van der Waals surface area (Å²) in [6, 6.07) is 13.4. The maximum absolute atomic E-state index is 12.6. The number of hydrogen-bond acceptors (Lipinski definition) is 5. The van der Waals surface area contributed by atoms with E-state index in [0.29, 0.717) is 16.6 Å². The van der Waals surface area contributed by atoms with Crippen LogP contribution in [0.15, 0.2) is 58.1 Å². The van der Waals surface area contributed by atoms with Crippen molar-refractivity contribution in [3.63, 3.8) is 0 Å².